The van der Waals surface area contributed by atoms with Crippen molar-refractivity contribution in [3.05, 3.63) is 79.2 Å². The van der Waals surface area contributed by atoms with Crippen molar-refractivity contribution in [1.82, 2.24) is 10.3 Å². The topological polar surface area (TPSA) is 85.1 Å². The van der Waals surface area contributed by atoms with Crippen LogP contribution in [0.25, 0.3) is 11.3 Å². The van der Waals surface area contributed by atoms with Crippen LogP contribution in [0.5, 0.6) is 0 Å². The first-order chi connectivity index (χ1) is 14.0. The minimum Gasteiger partial charge on any atom is -0.347 e. The standard InChI is InChI=1S/C23H25N3O3S/c1-14-11-20(26(28)29)15(2)10-18(14)12-21-24-19(13-30-21)16-6-8-17(9-7-16)22(27)25-23(3,4)5/h6-11,13H,12H2,1-5H3,(H,25,27). The lowest BCUT2D eigenvalue weighted by Gasteiger charge is -2.20. The lowest BCUT2D eigenvalue weighted by atomic mass is 10.0. The molecule has 0 aliphatic carbocycles. The van der Waals surface area contributed by atoms with E-state index in [0.29, 0.717) is 17.5 Å². The predicted molar refractivity (Wildman–Crippen MR) is 120 cm³/mol. The van der Waals surface area contributed by atoms with E-state index >= 15 is 0 Å². The fourth-order valence-electron chi connectivity index (χ4n) is 3.14. The highest BCUT2D eigenvalue weighted by Gasteiger charge is 2.16. The van der Waals surface area contributed by atoms with Crippen LogP contribution in [0.1, 0.15) is 52.8 Å². The Morgan fingerprint density at radius 1 is 1.13 bits per heavy atom. The molecule has 0 fully saturated rings. The number of aryl methyl sites for hydroxylation is 2. The number of nitrogens with one attached hydrogen (secondary N) is 1. The Labute approximate surface area is 180 Å². The number of amides is 1. The average Bonchev–Trinajstić information content (AvgIpc) is 3.11. The molecule has 6 nitrogen and oxygen atoms in total. The smallest absolute Gasteiger partial charge is 0.272 e. The maximum absolute atomic E-state index is 12.3. The molecule has 3 aromatic rings. The number of hydrogen-bond donors (Lipinski definition) is 1. The average molecular weight is 424 g/mol. The van der Waals surface area contributed by atoms with Crippen molar-refractivity contribution in [3.63, 3.8) is 0 Å². The van der Waals surface area contributed by atoms with Crippen LogP contribution in [0.4, 0.5) is 5.69 Å². The van der Waals surface area contributed by atoms with Gasteiger partial charge in [-0.2, -0.15) is 0 Å². The second kappa shape index (κ2) is 8.36. The molecule has 0 unspecified atom stereocenters. The number of nitro benzene ring substituents is 1. The number of carbonyl (C=O) groups excluding carboxylic acids is 1. The summed E-state index contributed by atoms with van der Waals surface area (Å²) < 4.78 is 0. The molecule has 0 spiro atoms. The van der Waals surface area contributed by atoms with Crippen molar-refractivity contribution < 1.29 is 9.72 Å². The summed E-state index contributed by atoms with van der Waals surface area (Å²) in [4.78, 5) is 27.8. The second-order valence-electron chi connectivity index (χ2n) is 8.41. The van der Waals surface area contributed by atoms with Gasteiger partial charge in [-0.25, -0.2) is 4.98 Å². The summed E-state index contributed by atoms with van der Waals surface area (Å²) in [6, 6.07) is 10.9. The number of carbonyl (C=O) groups is 1. The number of rotatable bonds is 5. The molecule has 156 valence electrons. The zero-order chi connectivity index (χ0) is 22.1. The first-order valence-electron chi connectivity index (χ1n) is 9.65. The maximum Gasteiger partial charge on any atom is 0.272 e. The number of aromatic nitrogens is 1. The summed E-state index contributed by atoms with van der Waals surface area (Å²) in [6.07, 6.45) is 0.626. The van der Waals surface area contributed by atoms with Crippen molar-refractivity contribution in [1.29, 1.82) is 0 Å². The minimum atomic E-state index is -0.348. The Kier molecular flexibility index (Phi) is 6.03. The molecule has 0 aliphatic heterocycles. The first kappa shape index (κ1) is 21.6. The highest BCUT2D eigenvalue weighted by atomic mass is 32.1. The summed E-state index contributed by atoms with van der Waals surface area (Å²) in [5.41, 5.74) is 4.85. The minimum absolute atomic E-state index is 0.1000. The lowest BCUT2D eigenvalue weighted by molar-refractivity contribution is -0.385. The Hall–Kier alpha value is -3.06. The van der Waals surface area contributed by atoms with Crippen LogP contribution in [0, 0.1) is 24.0 Å². The van der Waals surface area contributed by atoms with Crippen molar-refractivity contribution in [2.24, 2.45) is 0 Å². The molecule has 0 saturated heterocycles. The largest absolute Gasteiger partial charge is 0.347 e. The van der Waals surface area contributed by atoms with Crippen LogP contribution in [0.3, 0.4) is 0 Å². The summed E-state index contributed by atoms with van der Waals surface area (Å²) in [5.74, 6) is -0.1000. The van der Waals surface area contributed by atoms with Gasteiger partial charge in [0, 0.05) is 40.1 Å². The van der Waals surface area contributed by atoms with Crippen molar-refractivity contribution in [3.8, 4) is 11.3 Å². The second-order valence-corrected chi connectivity index (χ2v) is 9.35. The number of benzene rings is 2. The van der Waals surface area contributed by atoms with Gasteiger partial charge in [-0.05, 0) is 63.9 Å². The molecule has 1 heterocycles. The molecule has 1 amide bonds. The molecule has 7 heteroatoms. The first-order valence-corrected chi connectivity index (χ1v) is 10.5. The molecule has 3 rings (SSSR count). The lowest BCUT2D eigenvalue weighted by Crippen LogP contribution is -2.40. The number of hydrogen-bond acceptors (Lipinski definition) is 5. The quantitative estimate of drug-likeness (QED) is 0.436. The number of nitrogens with zero attached hydrogens (tertiary/aromatic N) is 2. The fraction of sp³-hybridized carbons (Fsp3) is 0.304. The van der Waals surface area contributed by atoms with Gasteiger partial charge in [0.05, 0.1) is 15.6 Å². The Morgan fingerprint density at radius 3 is 2.40 bits per heavy atom. The van der Waals surface area contributed by atoms with Gasteiger partial charge in [0.15, 0.2) is 0 Å². The van der Waals surface area contributed by atoms with Gasteiger partial charge in [-0.3, -0.25) is 14.9 Å². The third kappa shape index (κ3) is 5.10. The van der Waals surface area contributed by atoms with Crippen LogP contribution < -0.4 is 5.32 Å². The third-order valence-corrected chi connectivity index (χ3v) is 5.52. The fourth-order valence-corrected chi connectivity index (χ4v) is 3.97. The van der Waals surface area contributed by atoms with E-state index < -0.39 is 0 Å². The molecule has 2 aromatic carbocycles. The summed E-state index contributed by atoms with van der Waals surface area (Å²) in [7, 11) is 0. The zero-order valence-electron chi connectivity index (χ0n) is 17.8. The SMILES string of the molecule is Cc1cc([N+](=O)[O-])c(C)cc1Cc1nc(-c2ccc(C(=O)NC(C)(C)C)cc2)cs1. The molecular weight excluding hydrogens is 398 g/mol. The van der Waals surface area contributed by atoms with Crippen molar-refractivity contribution >= 4 is 22.9 Å². The zero-order valence-corrected chi connectivity index (χ0v) is 18.6. The molecule has 0 atom stereocenters. The maximum atomic E-state index is 12.3. The number of nitro groups is 1. The molecule has 1 aromatic heterocycles. The van der Waals surface area contributed by atoms with Crippen molar-refractivity contribution in [2.45, 2.75) is 46.6 Å². The Morgan fingerprint density at radius 2 is 1.80 bits per heavy atom. The van der Waals surface area contributed by atoms with Gasteiger partial charge < -0.3 is 5.32 Å². The van der Waals surface area contributed by atoms with Gasteiger partial charge in [0.1, 0.15) is 0 Å². The third-order valence-electron chi connectivity index (χ3n) is 4.68. The van der Waals surface area contributed by atoms with E-state index in [1.54, 1.807) is 36.5 Å². The van der Waals surface area contributed by atoms with Gasteiger partial charge in [0.2, 0.25) is 0 Å². The number of thiazole rings is 1. The van der Waals surface area contributed by atoms with E-state index in [4.69, 9.17) is 4.98 Å². The van der Waals surface area contributed by atoms with Gasteiger partial charge in [0.25, 0.3) is 11.6 Å². The Bertz CT molecular complexity index is 1100. The van der Waals surface area contributed by atoms with E-state index in [9.17, 15) is 14.9 Å². The highest BCUT2D eigenvalue weighted by Crippen LogP contribution is 2.27. The molecule has 30 heavy (non-hydrogen) atoms. The van der Waals surface area contributed by atoms with Crippen LogP contribution in [0.2, 0.25) is 0 Å². The summed E-state index contributed by atoms with van der Waals surface area (Å²) >= 11 is 1.56. The molecule has 0 saturated carbocycles. The van der Waals surface area contributed by atoms with E-state index in [2.05, 4.69) is 5.32 Å². The van der Waals surface area contributed by atoms with Gasteiger partial charge in [-0.1, -0.05) is 12.1 Å². The molecule has 0 bridgehead atoms. The van der Waals surface area contributed by atoms with Crippen LogP contribution >= 0.6 is 11.3 Å². The summed E-state index contributed by atoms with van der Waals surface area (Å²) in [6.45, 7) is 9.49. The van der Waals surface area contributed by atoms with E-state index in [1.165, 1.54) is 0 Å². The van der Waals surface area contributed by atoms with Gasteiger partial charge >= 0.3 is 0 Å². The van der Waals surface area contributed by atoms with E-state index in [1.807, 2.05) is 51.3 Å². The molecule has 0 radical (unpaired) electrons. The molecular formula is C23H25N3O3S. The van der Waals surface area contributed by atoms with E-state index in [0.717, 1.165) is 27.4 Å². The van der Waals surface area contributed by atoms with Gasteiger partial charge in [-0.15, -0.1) is 11.3 Å². The molecule has 1 N–H and O–H groups in total. The monoisotopic (exact) mass is 423 g/mol. The van der Waals surface area contributed by atoms with Crippen LogP contribution in [-0.2, 0) is 6.42 Å². The molecule has 0 aliphatic rings. The Balaban J connectivity index is 1.76. The van der Waals surface area contributed by atoms with E-state index in [-0.39, 0.29) is 22.1 Å². The van der Waals surface area contributed by atoms with Crippen LogP contribution in [-0.4, -0.2) is 21.4 Å². The summed E-state index contributed by atoms with van der Waals surface area (Å²) in [5, 5.41) is 17.0. The predicted octanol–water partition coefficient (Wildman–Crippen LogP) is 5.45. The van der Waals surface area contributed by atoms with Crippen LogP contribution in [0.15, 0.2) is 41.8 Å². The normalized spacial score (nSPS) is 11.4. The van der Waals surface area contributed by atoms with Crippen molar-refractivity contribution in [2.75, 3.05) is 0 Å². The highest BCUT2D eigenvalue weighted by molar-refractivity contribution is 7.10.